The number of phenolic OH excluding ortho intramolecular Hbond substituents is 1. The first-order chi connectivity index (χ1) is 12.5. The SMILES string of the molecule is Cc1cccc2c1[nH]c1nc(NN=Cc3cc(Br)c(O)c(Br)c3)nnc12. The molecule has 0 radical (unpaired) electrons. The average molecular weight is 476 g/mol. The summed E-state index contributed by atoms with van der Waals surface area (Å²) in [6.07, 6.45) is 1.60. The molecule has 0 amide bonds. The highest BCUT2D eigenvalue weighted by Gasteiger charge is 2.10. The van der Waals surface area contributed by atoms with Crippen LogP contribution in [0, 0.1) is 6.92 Å². The van der Waals surface area contributed by atoms with Gasteiger partial charge in [-0.05, 0) is 62.0 Å². The van der Waals surface area contributed by atoms with Crippen LogP contribution in [0.5, 0.6) is 5.75 Å². The highest BCUT2D eigenvalue weighted by Crippen LogP contribution is 2.32. The molecule has 0 bridgehead atoms. The zero-order valence-corrected chi connectivity index (χ0v) is 16.6. The molecule has 2 aromatic heterocycles. The number of hydrogen-bond acceptors (Lipinski definition) is 6. The molecule has 0 unspecified atom stereocenters. The van der Waals surface area contributed by atoms with Gasteiger partial charge in [0.15, 0.2) is 5.65 Å². The molecule has 3 N–H and O–H groups in total. The van der Waals surface area contributed by atoms with Crippen molar-refractivity contribution in [2.24, 2.45) is 5.10 Å². The molecule has 0 atom stereocenters. The van der Waals surface area contributed by atoms with Crippen molar-refractivity contribution < 1.29 is 5.11 Å². The minimum absolute atomic E-state index is 0.141. The summed E-state index contributed by atoms with van der Waals surface area (Å²) in [4.78, 5) is 7.69. The largest absolute Gasteiger partial charge is 0.506 e. The third-order valence-corrected chi connectivity index (χ3v) is 5.08. The summed E-state index contributed by atoms with van der Waals surface area (Å²) in [5, 5.41) is 23.2. The van der Waals surface area contributed by atoms with Gasteiger partial charge >= 0.3 is 0 Å². The van der Waals surface area contributed by atoms with Gasteiger partial charge in [-0.15, -0.1) is 10.2 Å². The molecule has 2 aromatic carbocycles. The molecule has 0 fully saturated rings. The Bertz CT molecular complexity index is 1150. The van der Waals surface area contributed by atoms with Crippen LogP contribution in [0.1, 0.15) is 11.1 Å². The second kappa shape index (κ2) is 6.65. The van der Waals surface area contributed by atoms with Crippen molar-refractivity contribution in [3.8, 4) is 5.75 Å². The molecular weight excluding hydrogens is 464 g/mol. The normalized spacial score (nSPS) is 11.7. The average Bonchev–Trinajstić information content (AvgIpc) is 2.99. The monoisotopic (exact) mass is 474 g/mol. The number of aromatic hydroxyl groups is 1. The zero-order chi connectivity index (χ0) is 18.3. The van der Waals surface area contributed by atoms with Gasteiger partial charge in [0.25, 0.3) is 5.95 Å². The van der Waals surface area contributed by atoms with Gasteiger partial charge in [0.1, 0.15) is 11.3 Å². The van der Waals surface area contributed by atoms with Crippen LogP contribution in [-0.2, 0) is 0 Å². The van der Waals surface area contributed by atoms with Crippen molar-refractivity contribution in [2.45, 2.75) is 6.92 Å². The van der Waals surface area contributed by atoms with Crippen LogP contribution in [0.15, 0.2) is 44.4 Å². The minimum atomic E-state index is 0.141. The van der Waals surface area contributed by atoms with Crippen LogP contribution < -0.4 is 5.43 Å². The van der Waals surface area contributed by atoms with Crippen LogP contribution in [0.25, 0.3) is 22.1 Å². The maximum absolute atomic E-state index is 9.73. The Balaban J connectivity index is 1.61. The first-order valence-electron chi connectivity index (χ1n) is 7.62. The molecule has 7 nitrogen and oxygen atoms in total. The van der Waals surface area contributed by atoms with E-state index in [2.05, 4.69) is 62.6 Å². The van der Waals surface area contributed by atoms with E-state index in [0.29, 0.717) is 14.6 Å². The number of nitrogens with zero attached hydrogens (tertiary/aromatic N) is 4. The lowest BCUT2D eigenvalue weighted by Gasteiger charge is -2.02. The van der Waals surface area contributed by atoms with E-state index < -0.39 is 0 Å². The fourth-order valence-electron chi connectivity index (χ4n) is 2.62. The molecule has 9 heteroatoms. The summed E-state index contributed by atoms with van der Waals surface area (Å²) in [6.45, 7) is 2.03. The standard InChI is InChI=1S/C17H12Br2N6O/c1-8-3-2-4-10-13(8)21-16-14(10)23-25-17(22-16)24-20-7-9-5-11(18)15(26)12(19)6-9/h2-7,26H,1H3,(H2,21,22,24,25). The second-order valence-corrected chi connectivity index (χ2v) is 7.37. The number of nitrogens with one attached hydrogen (secondary N) is 2. The lowest BCUT2D eigenvalue weighted by molar-refractivity contribution is 0.468. The number of aryl methyl sites for hydroxylation is 1. The summed E-state index contributed by atoms with van der Waals surface area (Å²) in [6, 6.07) is 9.49. The third-order valence-electron chi connectivity index (χ3n) is 3.88. The zero-order valence-electron chi connectivity index (χ0n) is 13.5. The number of phenols is 1. The molecule has 0 saturated heterocycles. The quantitative estimate of drug-likeness (QED) is 0.299. The van der Waals surface area contributed by atoms with Gasteiger partial charge in [-0.1, -0.05) is 18.2 Å². The predicted octanol–water partition coefficient (Wildman–Crippen LogP) is 4.49. The molecule has 0 aliphatic rings. The predicted molar refractivity (Wildman–Crippen MR) is 109 cm³/mol. The molecular formula is C17H12Br2N6O. The van der Waals surface area contributed by atoms with Crippen molar-refractivity contribution in [1.29, 1.82) is 0 Å². The number of aromatic amines is 1. The second-order valence-electron chi connectivity index (χ2n) is 5.66. The van der Waals surface area contributed by atoms with E-state index in [1.54, 1.807) is 18.3 Å². The number of para-hydroxylation sites is 1. The van der Waals surface area contributed by atoms with Crippen molar-refractivity contribution >= 4 is 66.1 Å². The lowest BCUT2D eigenvalue weighted by Crippen LogP contribution is -1.99. The summed E-state index contributed by atoms with van der Waals surface area (Å²) < 4.78 is 1.14. The smallest absolute Gasteiger partial charge is 0.265 e. The summed E-state index contributed by atoms with van der Waals surface area (Å²) in [5.74, 6) is 0.428. The highest BCUT2D eigenvalue weighted by atomic mass is 79.9. The molecule has 0 spiro atoms. The van der Waals surface area contributed by atoms with E-state index in [1.807, 2.05) is 25.1 Å². The lowest BCUT2D eigenvalue weighted by atomic mass is 10.1. The number of hydrogen-bond donors (Lipinski definition) is 3. The highest BCUT2D eigenvalue weighted by molar-refractivity contribution is 9.11. The fourth-order valence-corrected chi connectivity index (χ4v) is 3.84. The van der Waals surface area contributed by atoms with E-state index >= 15 is 0 Å². The Morgan fingerprint density at radius 3 is 2.73 bits per heavy atom. The fraction of sp³-hybridized carbons (Fsp3) is 0.0588. The van der Waals surface area contributed by atoms with Crippen LogP contribution in [0.3, 0.4) is 0 Å². The Morgan fingerprint density at radius 2 is 1.96 bits per heavy atom. The van der Waals surface area contributed by atoms with E-state index in [9.17, 15) is 5.11 Å². The minimum Gasteiger partial charge on any atom is -0.506 e. The van der Waals surface area contributed by atoms with Gasteiger partial charge < -0.3 is 10.1 Å². The number of halogens is 2. The van der Waals surface area contributed by atoms with Gasteiger partial charge in [-0.2, -0.15) is 10.1 Å². The molecule has 4 rings (SSSR count). The maximum atomic E-state index is 9.73. The van der Waals surface area contributed by atoms with Crippen LogP contribution in [0.4, 0.5) is 5.95 Å². The van der Waals surface area contributed by atoms with Gasteiger partial charge in [0.2, 0.25) is 0 Å². The first-order valence-corrected chi connectivity index (χ1v) is 9.20. The first kappa shape index (κ1) is 16.9. The Hall–Kier alpha value is -2.52. The van der Waals surface area contributed by atoms with E-state index in [0.717, 1.165) is 27.5 Å². The van der Waals surface area contributed by atoms with Crippen molar-refractivity contribution in [3.63, 3.8) is 0 Å². The summed E-state index contributed by atoms with van der Waals surface area (Å²) >= 11 is 6.56. The van der Waals surface area contributed by atoms with Crippen molar-refractivity contribution in [1.82, 2.24) is 20.2 Å². The van der Waals surface area contributed by atoms with Crippen molar-refractivity contribution in [2.75, 3.05) is 5.43 Å². The van der Waals surface area contributed by atoms with Gasteiger partial charge in [-0.25, -0.2) is 5.43 Å². The van der Waals surface area contributed by atoms with Crippen LogP contribution >= 0.6 is 31.9 Å². The third kappa shape index (κ3) is 3.04. The van der Waals surface area contributed by atoms with Crippen LogP contribution in [-0.4, -0.2) is 31.5 Å². The number of aromatic nitrogens is 4. The molecule has 26 heavy (non-hydrogen) atoms. The molecule has 4 aromatic rings. The number of rotatable bonds is 3. The molecule has 130 valence electrons. The number of H-pyrrole nitrogens is 1. The van der Waals surface area contributed by atoms with Crippen molar-refractivity contribution in [3.05, 3.63) is 50.4 Å². The summed E-state index contributed by atoms with van der Waals surface area (Å²) in [5.41, 5.74) is 7.05. The van der Waals surface area contributed by atoms with Crippen LogP contribution in [0.2, 0.25) is 0 Å². The molecule has 2 heterocycles. The Morgan fingerprint density at radius 1 is 1.19 bits per heavy atom. The molecule has 0 aliphatic carbocycles. The number of anilines is 1. The maximum Gasteiger partial charge on any atom is 0.265 e. The molecule has 0 saturated carbocycles. The topological polar surface area (TPSA) is 99.1 Å². The Kier molecular flexibility index (Phi) is 4.33. The molecule has 0 aliphatic heterocycles. The number of hydrazone groups is 1. The van der Waals surface area contributed by atoms with E-state index in [4.69, 9.17) is 0 Å². The van der Waals surface area contributed by atoms with E-state index in [-0.39, 0.29) is 11.7 Å². The number of benzene rings is 2. The van der Waals surface area contributed by atoms with Gasteiger partial charge in [-0.3, -0.25) is 0 Å². The van der Waals surface area contributed by atoms with Gasteiger partial charge in [0.05, 0.1) is 20.7 Å². The Labute approximate surface area is 164 Å². The summed E-state index contributed by atoms with van der Waals surface area (Å²) in [7, 11) is 0. The van der Waals surface area contributed by atoms with E-state index in [1.165, 1.54) is 0 Å². The van der Waals surface area contributed by atoms with Gasteiger partial charge in [0, 0.05) is 5.39 Å². The number of fused-ring (bicyclic) bond motifs is 3.